The predicted octanol–water partition coefficient (Wildman–Crippen LogP) is 4.26. The first-order valence-corrected chi connectivity index (χ1v) is 12.0. The van der Waals surface area contributed by atoms with E-state index < -0.39 is 28.4 Å². The molecule has 172 valence electrons. The fourth-order valence-electron chi connectivity index (χ4n) is 3.31. The SMILES string of the molecule is CCOC(=O)c1ccc(NC(=O)CN(c2ccccc2CC)S(=O)(=O)c2ccccc2)cc1. The van der Waals surface area contributed by atoms with Crippen molar-refractivity contribution in [3.05, 3.63) is 90.0 Å². The standard InChI is InChI=1S/C25H26N2O5S/c1-3-19-10-8-9-13-23(19)27(33(30,31)22-11-6-5-7-12-22)18-24(28)26-21-16-14-20(15-17-21)25(29)32-4-2/h5-17H,3-4,18H2,1-2H3,(H,26,28). The topological polar surface area (TPSA) is 92.8 Å². The predicted molar refractivity (Wildman–Crippen MR) is 128 cm³/mol. The number of hydrogen-bond donors (Lipinski definition) is 1. The largest absolute Gasteiger partial charge is 0.462 e. The van der Waals surface area contributed by atoms with E-state index in [1.165, 1.54) is 12.1 Å². The molecule has 0 aliphatic heterocycles. The summed E-state index contributed by atoms with van der Waals surface area (Å²) in [5, 5.41) is 2.70. The molecule has 0 spiro atoms. The number of rotatable bonds is 9. The lowest BCUT2D eigenvalue weighted by Crippen LogP contribution is -2.38. The van der Waals surface area contributed by atoms with Crippen molar-refractivity contribution in [2.24, 2.45) is 0 Å². The fraction of sp³-hybridized carbons (Fsp3) is 0.200. The molecule has 33 heavy (non-hydrogen) atoms. The van der Waals surface area contributed by atoms with Gasteiger partial charge in [0.1, 0.15) is 6.54 Å². The van der Waals surface area contributed by atoms with Gasteiger partial charge in [0, 0.05) is 5.69 Å². The summed E-state index contributed by atoms with van der Waals surface area (Å²) in [5.41, 5.74) is 2.06. The van der Waals surface area contributed by atoms with Crippen LogP contribution in [0.25, 0.3) is 0 Å². The molecule has 0 aliphatic carbocycles. The van der Waals surface area contributed by atoms with Crippen molar-refractivity contribution < 1.29 is 22.7 Å². The summed E-state index contributed by atoms with van der Waals surface area (Å²) in [7, 11) is -3.99. The van der Waals surface area contributed by atoms with Crippen molar-refractivity contribution in [2.45, 2.75) is 25.2 Å². The first-order chi connectivity index (χ1) is 15.9. The summed E-state index contributed by atoms with van der Waals surface area (Å²) in [4.78, 5) is 24.8. The second kappa shape index (κ2) is 10.8. The molecule has 0 aliphatic rings. The van der Waals surface area contributed by atoms with E-state index in [4.69, 9.17) is 4.74 Å². The number of nitrogens with zero attached hydrogens (tertiary/aromatic N) is 1. The first kappa shape index (κ1) is 24.0. The third kappa shape index (κ3) is 5.78. The Balaban J connectivity index is 1.88. The van der Waals surface area contributed by atoms with Crippen LogP contribution in [0.3, 0.4) is 0 Å². The maximum Gasteiger partial charge on any atom is 0.338 e. The Hall–Kier alpha value is -3.65. The van der Waals surface area contributed by atoms with Crippen molar-refractivity contribution in [1.82, 2.24) is 0 Å². The Morgan fingerprint density at radius 3 is 2.15 bits per heavy atom. The van der Waals surface area contributed by atoms with Crippen LogP contribution in [0.4, 0.5) is 11.4 Å². The van der Waals surface area contributed by atoms with Gasteiger partial charge in [-0.05, 0) is 61.4 Å². The maximum atomic E-state index is 13.5. The molecule has 0 saturated heterocycles. The average molecular weight is 467 g/mol. The lowest BCUT2D eigenvalue weighted by Gasteiger charge is -2.26. The molecule has 0 unspecified atom stereocenters. The number of aryl methyl sites for hydroxylation is 1. The summed E-state index contributed by atoms with van der Waals surface area (Å²) >= 11 is 0. The molecule has 0 aromatic heterocycles. The second-order valence-corrected chi connectivity index (χ2v) is 9.02. The van der Waals surface area contributed by atoms with Gasteiger partial charge in [0.2, 0.25) is 5.91 Å². The number of anilines is 2. The van der Waals surface area contributed by atoms with Crippen LogP contribution in [0.2, 0.25) is 0 Å². The zero-order chi connectivity index (χ0) is 23.8. The van der Waals surface area contributed by atoms with Gasteiger partial charge in [-0.15, -0.1) is 0 Å². The van der Waals surface area contributed by atoms with Crippen molar-refractivity contribution in [3.63, 3.8) is 0 Å². The van der Waals surface area contributed by atoms with Gasteiger partial charge in [0.15, 0.2) is 0 Å². The van der Waals surface area contributed by atoms with Gasteiger partial charge in [-0.2, -0.15) is 0 Å². The Kier molecular flexibility index (Phi) is 7.84. The second-order valence-electron chi connectivity index (χ2n) is 7.15. The van der Waals surface area contributed by atoms with E-state index in [1.54, 1.807) is 61.5 Å². The quantitative estimate of drug-likeness (QED) is 0.476. The highest BCUT2D eigenvalue weighted by atomic mass is 32.2. The molecule has 0 heterocycles. The molecule has 8 heteroatoms. The van der Waals surface area contributed by atoms with Crippen LogP contribution in [0.5, 0.6) is 0 Å². The molecule has 1 N–H and O–H groups in total. The normalized spacial score (nSPS) is 11.0. The molecule has 0 saturated carbocycles. The molecule has 7 nitrogen and oxygen atoms in total. The van der Waals surface area contributed by atoms with E-state index in [0.717, 1.165) is 9.87 Å². The number of carbonyl (C=O) groups excluding carboxylic acids is 2. The van der Waals surface area contributed by atoms with E-state index >= 15 is 0 Å². The number of ether oxygens (including phenoxy) is 1. The molecule has 0 fully saturated rings. The van der Waals surface area contributed by atoms with Gasteiger partial charge in [0.05, 0.1) is 22.8 Å². The molecule has 0 atom stereocenters. The molecule has 3 rings (SSSR count). The summed E-state index contributed by atoms with van der Waals surface area (Å²) in [6, 6.07) is 21.4. The molecule has 3 aromatic rings. The summed E-state index contributed by atoms with van der Waals surface area (Å²) in [6.45, 7) is 3.51. The van der Waals surface area contributed by atoms with Gasteiger partial charge in [-0.3, -0.25) is 9.10 Å². The van der Waals surface area contributed by atoms with Crippen LogP contribution in [-0.2, 0) is 26.0 Å². The van der Waals surface area contributed by atoms with Gasteiger partial charge in [0.25, 0.3) is 10.0 Å². The van der Waals surface area contributed by atoms with Gasteiger partial charge < -0.3 is 10.1 Å². The van der Waals surface area contributed by atoms with E-state index in [2.05, 4.69) is 5.32 Å². The van der Waals surface area contributed by atoms with Crippen molar-refractivity contribution >= 4 is 33.3 Å². The Labute approximate surface area is 194 Å². The Morgan fingerprint density at radius 2 is 1.52 bits per heavy atom. The number of hydrogen-bond acceptors (Lipinski definition) is 5. The Morgan fingerprint density at radius 1 is 0.879 bits per heavy atom. The van der Waals surface area contributed by atoms with Crippen molar-refractivity contribution in [2.75, 3.05) is 22.8 Å². The van der Waals surface area contributed by atoms with Crippen LogP contribution in [0, 0.1) is 0 Å². The third-order valence-electron chi connectivity index (χ3n) is 4.94. The number of carbonyl (C=O) groups is 2. The number of amides is 1. The minimum absolute atomic E-state index is 0.0995. The smallest absolute Gasteiger partial charge is 0.338 e. The van der Waals surface area contributed by atoms with Gasteiger partial charge in [-0.25, -0.2) is 13.2 Å². The number of benzene rings is 3. The number of sulfonamides is 1. The summed E-state index contributed by atoms with van der Waals surface area (Å²) in [5.74, 6) is -0.962. The van der Waals surface area contributed by atoms with Gasteiger partial charge in [-0.1, -0.05) is 43.3 Å². The summed E-state index contributed by atoms with van der Waals surface area (Å²) in [6.07, 6.45) is 0.605. The number of esters is 1. The van der Waals surface area contributed by atoms with Gasteiger partial charge >= 0.3 is 5.97 Å². The number of para-hydroxylation sites is 1. The molecular weight excluding hydrogens is 440 g/mol. The van der Waals surface area contributed by atoms with Crippen LogP contribution < -0.4 is 9.62 Å². The molecule has 0 radical (unpaired) electrons. The first-order valence-electron chi connectivity index (χ1n) is 10.6. The molecular formula is C25H26N2O5S. The highest BCUT2D eigenvalue weighted by Gasteiger charge is 2.28. The number of nitrogens with one attached hydrogen (secondary N) is 1. The average Bonchev–Trinajstić information content (AvgIpc) is 2.83. The van der Waals surface area contributed by atoms with E-state index in [9.17, 15) is 18.0 Å². The van der Waals surface area contributed by atoms with Crippen molar-refractivity contribution in [1.29, 1.82) is 0 Å². The summed E-state index contributed by atoms with van der Waals surface area (Å²) < 4.78 is 33.0. The van der Waals surface area contributed by atoms with E-state index in [1.807, 2.05) is 19.1 Å². The van der Waals surface area contributed by atoms with Crippen molar-refractivity contribution in [3.8, 4) is 0 Å². The molecule has 1 amide bonds. The lowest BCUT2D eigenvalue weighted by atomic mass is 10.1. The van der Waals surface area contributed by atoms with Crippen LogP contribution >= 0.6 is 0 Å². The van der Waals surface area contributed by atoms with E-state index in [-0.39, 0.29) is 11.5 Å². The van der Waals surface area contributed by atoms with Crippen LogP contribution in [0.15, 0.2) is 83.8 Å². The maximum absolute atomic E-state index is 13.5. The van der Waals surface area contributed by atoms with Crippen LogP contribution in [-0.4, -0.2) is 33.4 Å². The minimum Gasteiger partial charge on any atom is -0.462 e. The minimum atomic E-state index is -3.99. The fourth-order valence-corrected chi connectivity index (χ4v) is 4.79. The highest BCUT2D eigenvalue weighted by molar-refractivity contribution is 7.92. The zero-order valence-corrected chi connectivity index (χ0v) is 19.3. The highest BCUT2D eigenvalue weighted by Crippen LogP contribution is 2.27. The van der Waals surface area contributed by atoms with E-state index in [0.29, 0.717) is 23.4 Å². The molecule has 3 aromatic carbocycles. The zero-order valence-electron chi connectivity index (χ0n) is 18.5. The van der Waals surface area contributed by atoms with Crippen LogP contribution in [0.1, 0.15) is 29.8 Å². The Bertz CT molecular complexity index is 1210. The lowest BCUT2D eigenvalue weighted by molar-refractivity contribution is -0.114. The monoisotopic (exact) mass is 466 g/mol. The molecule has 0 bridgehead atoms. The third-order valence-corrected chi connectivity index (χ3v) is 6.71.